The highest BCUT2D eigenvalue weighted by Gasteiger charge is 2.17. The van der Waals surface area contributed by atoms with E-state index in [0.29, 0.717) is 25.7 Å². The molecule has 1 aliphatic carbocycles. The molecule has 0 aromatic rings. The van der Waals surface area contributed by atoms with Crippen LogP contribution in [0.1, 0.15) is 45.4 Å². The van der Waals surface area contributed by atoms with Crippen LogP contribution < -0.4 is 5.32 Å². The summed E-state index contributed by atoms with van der Waals surface area (Å²) in [4.78, 5) is 11.6. The summed E-state index contributed by atoms with van der Waals surface area (Å²) in [5, 5.41) is 11.6. The van der Waals surface area contributed by atoms with Crippen LogP contribution in [0.4, 0.5) is 0 Å². The number of hydrogen-bond acceptors (Lipinski definition) is 3. The van der Waals surface area contributed by atoms with Gasteiger partial charge >= 0.3 is 0 Å². The number of ether oxygens (including phenoxy) is 1. The number of carbonyl (C=O) groups is 1. The SMILES string of the molecule is CCCC(C#N)C(=O)NCCOC1CCCC1. The number of amides is 1. The van der Waals surface area contributed by atoms with Crippen molar-refractivity contribution < 1.29 is 9.53 Å². The first-order valence-corrected chi connectivity index (χ1v) is 6.56. The van der Waals surface area contributed by atoms with Crippen molar-refractivity contribution in [1.29, 1.82) is 5.26 Å². The molecule has 1 N–H and O–H groups in total. The van der Waals surface area contributed by atoms with Crippen molar-refractivity contribution in [3.63, 3.8) is 0 Å². The van der Waals surface area contributed by atoms with Crippen molar-refractivity contribution in [3.8, 4) is 6.07 Å². The third-order valence-corrected chi connectivity index (χ3v) is 3.11. The molecule has 1 saturated carbocycles. The minimum Gasteiger partial charge on any atom is -0.376 e. The molecule has 0 saturated heterocycles. The van der Waals surface area contributed by atoms with Gasteiger partial charge in [0.1, 0.15) is 5.92 Å². The van der Waals surface area contributed by atoms with Crippen LogP contribution in [0.2, 0.25) is 0 Å². The van der Waals surface area contributed by atoms with E-state index in [1.54, 1.807) is 0 Å². The van der Waals surface area contributed by atoms with Gasteiger partial charge in [-0.2, -0.15) is 5.26 Å². The molecular formula is C13H22N2O2. The lowest BCUT2D eigenvalue weighted by Crippen LogP contribution is -2.33. The Morgan fingerprint density at radius 1 is 1.53 bits per heavy atom. The van der Waals surface area contributed by atoms with Crippen molar-refractivity contribution in [2.75, 3.05) is 13.2 Å². The maximum absolute atomic E-state index is 11.6. The van der Waals surface area contributed by atoms with Crippen LogP contribution in [0.15, 0.2) is 0 Å². The van der Waals surface area contributed by atoms with Gasteiger partial charge in [0.2, 0.25) is 5.91 Å². The largest absolute Gasteiger partial charge is 0.376 e. The van der Waals surface area contributed by atoms with Gasteiger partial charge in [0.25, 0.3) is 0 Å². The van der Waals surface area contributed by atoms with Gasteiger partial charge in [0, 0.05) is 6.54 Å². The van der Waals surface area contributed by atoms with Gasteiger partial charge in [0.05, 0.1) is 18.8 Å². The van der Waals surface area contributed by atoms with Gasteiger partial charge in [-0.05, 0) is 19.3 Å². The molecule has 1 unspecified atom stereocenters. The molecule has 1 amide bonds. The number of carbonyl (C=O) groups excluding carboxylic acids is 1. The Hall–Kier alpha value is -1.08. The molecule has 96 valence electrons. The highest BCUT2D eigenvalue weighted by molar-refractivity contribution is 5.80. The van der Waals surface area contributed by atoms with Crippen LogP contribution >= 0.6 is 0 Å². The quantitative estimate of drug-likeness (QED) is 0.690. The smallest absolute Gasteiger partial charge is 0.237 e. The number of nitrogens with zero attached hydrogens (tertiary/aromatic N) is 1. The summed E-state index contributed by atoms with van der Waals surface area (Å²) in [6.45, 7) is 3.04. The Morgan fingerprint density at radius 3 is 2.82 bits per heavy atom. The van der Waals surface area contributed by atoms with Crippen LogP contribution in [0, 0.1) is 17.2 Å². The summed E-state index contributed by atoms with van der Waals surface area (Å²) in [6.07, 6.45) is 6.66. The lowest BCUT2D eigenvalue weighted by atomic mass is 10.1. The van der Waals surface area contributed by atoms with E-state index in [1.165, 1.54) is 12.8 Å². The third-order valence-electron chi connectivity index (χ3n) is 3.11. The standard InChI is InChI=1S/C13H22N2O2/c1-2-5-11(10-14)13(16)15-8-9-17-12-6-3-4-7-12/h11-12H,2-9H2,1H3,(H,15,16). The van der Waals surface area contributed by atoms with E-state index in [9.17, 15) is 4.79 Å². The van der Waals surface area contributed by atoms with Crippen LogP contribution in [0.5, 0.6) is 0 Å². The fourth-order valence-corrected chi connectivity index (χ4v) is 2.12. The zero-order chi connectivity index (χ0) is 12.5. The van der Waals surface area contributed by atoms with E-state index in [2.05, 4.69) is 5.32 Å². The van der Waals surface area contributed by atoms with Crippen LogP contribution in [-0.4, -0.2) is 25.2 Å². The van der Waals surface area contributed by atoms with E-state index >= 15 is 0 Å². The maximum Gasteiger partial charge on any atom is 0.237 e. The molecule has 0 radical (unpaired) electrons. The molecule has 4 heteroatoms. The first-order chi connectivity index (χ1) is 8.27. The summed E-state index contributed by atoms with van der Waals surface area (Å²) in [6, 6.07) is 2.03. The van der Waals surface area contributed by atoms with Crippen LogP contribution in [-0.2, 0) is 9.53 Å². The molecule has 0 bridgehead atoms. The lowest BCUT2D eigenvalue weighted by Gasteiger charge is -2.12. The van der Waals surface area contributed by atoms with Crippen molar-refractivity contribution >= 4 is 5.91 Å². The monoisotopic (exact) mass is 238 g/mol. The number of nitriles is 1. The molecule has 1 rings (SSSR count). The number of hydrogen-bond donors (Lipinski definition) is 1. The van der Waals surface area contributed by atoms with Gasteiger partial charge in [0.15, 0.2) is 0 Å². The maximum atomic E-state index is 11.6. The average molecular weight is 238 g/mol. The van der Waals surface area contributed by atoms with Crippen LogP contribution in [0.3, 0.4) is 0 Å². The molecule has 1 aliphatic rings. The molecule has 0 aliphatic heterocycles. The Bertz CT molecular complexity index is 267. The zero-order valence-corrected chi connectivity index (χ0v) is 10.6. The summed E-state index contributed by atoms with van der Waals surface area (Å²) in [5.41, 5.74) is 0. The molecule has 0 heterocycles. The topological polar surface area (TPSA) is 62.1 Å². The Kier molecular flexibility index (Phi) is 6.64. The Morgan fingerprint density at radius 2 is 2.24 bits per heavy atom. The molecular weight excluding hydrogens is 216 g/mol. The molecule has 1 fully saturated rings. The van der Waals surface area contributed by atoms with Gasteiger partial charge in [-0.3, -0.25) is 4.79 Å². The molecule has 17 heavy (non-hydrogen) atoms. The third kappa shape index (κ3) is 5.18. The summed E-state index contributed by atoms with van der Waals surface area (Å²) in [7, 11) is 0. The summed E-state index contributed by atoms with van der Waals surface area (Å²) < 4.78 is 5.63. The molecule has 1 atom stereocenters. The predicted octanol–water partition coefficient (Wildman–Crippen LogP) is 2.00. The molecule has 0 aromatic heterocycles. The highest BCUT2D eigenvalue weighted by atomic mass is 16.5. The van der Waals surface area contributed by atoms with Gasteiger partial charge in [-0.1, -0.05) is 26.2 Å². The van der Waals surface area contributed by atoms with E-state index in [1.807, 2.05) is 13.0 Å². The Labute approximate surface area is 103 Å². The van der Waals surface area contributed by atoms with Crippen molar-refractivity contribution in [2.24, 2.45) is 5.92 Å². The minimum atomic E-state index is -0.508. The van der Waals surface area contributed by atoms with Gasteiger partial charge in [-0.15, -0.1) is 0 Å². The minimum absolute atomic E-state index is 0.163. The zero-order valence-electron chi connectivity index (χ0n) is 10.6. The van der Waals surface area contributed by atoms with Crippen molar-refractivity contribution in [1.82, 2.24) is 5.32 Å². The average Bonchev–Trinajstić information content (AvgIpc) is 2.84. The highest BCUT2D eigenvalue weighted by Crippen LogP contribution is 2.20. The van der Waals surface area contributed by atoms with Crippen LogP contribution in [0.25, 0.3) is 0 Å². The molecule has 0 spiro atoms. The normalized spacial score (nSPS) is 17.6. The summed E-state index contributed by atoms with van der Waals surface area (Å²) in [5.74, 6) is -0.671. The first-order valence-electron chi connectivity index (χ1n) is 6.56. The lowest BCUT2D eigenvalue weighted by molar-refractivity contribution is -0.123. The molecule has 4 nitrogen and oxygen atoms in total. The number of nitrogens with one attached hydrogen (secondary N) is 1. The van der Waals surface area contributed by atoms with E-state index in [0.717, 1.165) is 19.3 Å². The van der Waals surface area contributed by atoms with Crippen molar-refractivity contribution in [2.45, 2.75) is 51.6 Å². The second-order valence-corrected chi connectivity index (χ2v) is 4.54. The van der Waals surface area contributed by atoms with Crippen molar-refractivity contribution in [3.05, 3.63) is 0 Å². The summed E-state index contributed by atoms with van der Waals surface area (Å²) >= 11 is 0. The van der Waals surface area contributed by atoms with E-state index < -0.39 is 5.92 Å². The van der Waals surface area contributed by atoms with Gasteiger partial charge in [-0.25, -0.2) is 0 Å². The number of rotatable bonds is 7. The second kappa shape index (κ2) is 8.08. The predicted molar refractivity (Wildman–Crippen MR) is 65.2 cm³/mol. The van der Waals surface area contributed by atoms with E-state index in [-0.39, 0.29) is 5.91 Å². The fraction of sp³-hybridized carbons (Fsp3) is 0.846. The Balaban J connectivity index is 2.08. The second-order valence-electron chi connectivity index (χ2n) is 4.54. The van der Waals surface area contributed by atoms with E-state index in [4.69, 9.17) is 10.00 Å². The fourth-order valence-electron chi connectivity index (χ4n) is 2.12. The first kappa shape index (κ1) is 14.0. The molecule has 0 aromatic carbocycles. The van der Waals surface area contributed by atoms with Gasteiger partial charge < -0.3 is 10.1 Å².